The van der Waals surface area contributed by atoms with Gasteiger partial charge in [-0.15, -0.1) is 0 Å². The Bertz CT molecular complexity index is 188. The summed E-state index contributed by atoms with van der Waals surface area (Å²) >= 11 is 0. The van der Waals surface area contributed by atoms with Crippen LogP contribution in [-0.2, 0) is 9.53 Å². The molecule has 1 atom stereocenters. The molecule has 1 fully saturated rings. The molecule has 0 amide bonds. The summed E-state index contributed by atoms with van der Waals surface area (Å²) in [6.07, 6.45) is 7.14. The number of esters is 1. The summed E-state index contributed by atoms with van der Waals surface area (Å²) in [4.78, 5) is 11.6. The SMILES string of the molecule is CCOC(=O)C(CC)NC1CCCCC1. The molecular formula is C12H23NO2. The monoisotopic (exact) mass is 213 g/mol. The third-order valence-electron chi connectivity index (χ3n) is 3.02. The Morgan fingerprint density at radius 2 is 2.00 bits per heavy atom. The Labute approximate surface area is 92.6 Å². The molecule has 88 valence electrons. The highest BCUT2D eigenvalue weighted by molar-refractivity contribution is 5.75. The van der Waals surface area contributed by atoms with Gasteiger partial charge in [-0.2, -0.15) is 0 Å². The lowest BCUT2D eigenvalue weighted by Crippen LogP contribution is -2.44. The number of carbonyl (C=O) groups is 1. The second-order valence-corrected chi connectivity index (χ2v) is 4.21. The van der Waals surface area contributed by atoms with Gasteiger partial charge >= 0.3 is 5.97 Å². The first-order valence-electron chi connectivity index (χ1n) is 6.20. The summed E-state index contributed by atoms with van der Waals surface area (Å²) in [7, 11) is 0. The molecule has 0 aromatic carbocycles. The Morgan fingerprint density at radius 1 is 1.33 bits per heavy atom. The van der Waals surface area contributed by atoms with E-state index in [1.165, 1.54) is 32.1 Å². The van der Waals surface area contributed by atoms with Gasteiger partial charge in [-0.05, 0) is 26.2 Å². The van der Waals surface area contributed by atoms with E-state index in [4.69, 9.17) is 4.74 Å². The van der Waals surface area contributed by atoms with Crippen LogP contribution in [0.3, 0.4) is 0 Å². The van der Waals surface area contributed by atoms with E-state index in [2.05, 4.69) is 5.32 Å². The van der Waals surface area contributed by atoms with Gasteiger partial charge in [-0.1, -0.05) is 26.2 Å². The predicted molar refractivity (Wildman–Crippen MR) is 60.7 cm³/mol. The zero-order chi connectivity index (χ0) is 11.1. The number of hydrogen-bond donors (Lipinski definition) is 1. The molecule has 0 heterocycles. The van der Waals surface area contributed by atoms with Crippen LogP contribution in [0.2, 0.25) is 0 Å². The maximum atomic E-state index is 11.6. The standard InChI is InChI=1S/C12H23NO2/c1-3-11(12(14)15-4-2)13-10-8-6-5-7-9-10/h10-11,13H,3-9H2,1-2H3. The van der Waals surface area contributed by atoms with Crippen LogP contribution in [0.5, 0.6) is 0 Å². The first-order valence-corrected chi connectivity index (χ1v) is 6.20. The van der Waals surface area contributed by atoms with Gasteiger partial charge in [0.15, 0.2) is 0 Å². The van der Waals surface area contributed by atoms with Crippen LogP contribution in [0.4, 0.5) is 0 Å². The summed E-state index contributed by atoms with van der Waals surface area (Å²) in [6, 6.07) is 0.418. The van der Waals surface area contributed by atoms with E-state index in [1.54, 1.807) is 0 Å². The molecule has 1 aliphatic rings. The number of hydrogen-bond acceptors (Lipinski definition) is 3. The van der Waals surface area contributed by atoms with Gasteiger partial charge in [-0.25, -0.2) is 0 Å². The molecule has 0 bridgehead atoms. The fraction of sp³-hybridized carbons (Fsp3) is 0.917. The van der Waals surface area contributed by atoms with Gasteiger partial charge in [0.2, 0.25) is 0 Å². The molecule has 0 saturated heterocycles. The Balaban J connectivity index is 2.34. The highest BCUT2D eigenvalue weighted by Gasteiger charge is 2.22. The molecule has 0 spiro atoms. The zero-order valence-electron chi connectivity index (χ0n) is 9.92. The van der Waals surface area contributed by atoms with Gasteiger partial charge in [0.05, 0.1) is 6.61 Å². The number of rotatable bonds is 5. The van der Waals surface area contributed by atoms with Crippen LogP contribution in [0.1, 0.15) is 52.4 Å². The van der Waals surface area contributed by atoms with Crippen molar-refractivity contribution in [2.24, 2.45) is 0 Å². The molecule has 0 aromatic rings. The first kappa shape index (κ1) is 12.5. The summed E-state index contributed by atoms with van der Waals surface area (Å²) in [6.45, 7) is 4.35. The van der Waals surface area contributed by atoms with Crippen molar-refractivity contribution in [1.82, 2.24) is 5.32 Å². The molecule has 1 aliphatic carbocycles. The molecule has 3 heteroatoms. The van der Waals surface area contributed by atoms with E-state index in [9.17, 15) is 4.79 Å². The number of carbonyl (C=O) groups excluding carboxylic acids is 1. The van der Waals surface area contributed by atoms with Gasteiger partial charge < -0.3 is 10.1 Å². The minimum atomic E-state index is -0.104. The lowest BCUT2D eigenvalue weighted by molar-refractivity contribution is -0.146. The van der Waals surface area contributed by atoms with E-state index in [-0.39, 0.29) is 12.0 Å². The van der Waals surface area contributed by atoms with E-state index < -0.39 is 0 Å². The van der Waals surface area contributed by atoms with Crippen molar-refractivity contribution < 1.29 is 9.53 Å². The second-order valence-electron chi connectivity index (χ2n) is 4.21. The van der Waals surface area contributed by atoms with E-state index >= 15 is 0 Å². The normalized spacial score (nSPS) is 19.9. The van der Waals surface area contributed by atoms with Gasteiger partial charge in [0, 0.05) is 6.04 Å². The van der Waals surface area contributed by atoms with Gasteiger partial charge in [0.25, 0.3) is 0 Å². The van der Waals surface area contributed by atoms with Crippen LogP contribution in [-0.4, -0.2) is 24.7 Å². The molecule has 1 unspecified atom stereocenters. The highest BCUT2D eigenvalue weighted by Crippen LogP contribution is 2.18. The molecule has 1 saturated carbocycles. The van der Waals surface area contributed by atoms with E-state index in [0.29, 0.717) is 12.6 Å². The first-order chi connectivity index (χ1) is 7.27. The van der Waals surface area contributed by atoms with E-state index in [1.807, 2.05) is 13.8 Å². The maximum Gasteiger partial charge on any atom is 0.323 e. The molecule has 1 N–H and O–H groups in total. The van der Waals surface area contributed by atoms with Crippen molar-refractivity contribution in [1.29, 1.82) is 0 Å². The van der Waals surface area contributed by atoms with E-state index in [0.717, 1.165) is 6.42 Å². The predicted octanol–water partition coefficient (Wildman–Crippen LogP) is 2.25. The summed E-state index contributed by atoms with van der Waals surface area (Å²) in [5.41, 5.74) is 0. The van der Waals surface area contributed by atoms with Crippen molar-refractivity contribution in [2.75, 3.05) is 6.61 Å². The average molecular weight is 213 g/mol. The van der Waals surface area contributed by atoms with Gasteiger partial charge in [0.1, 0.15) is 6.04 Å². The smallest absolute Gasteiger partial charge is 0.323 e. The quantitative estimate of drug-likeness (QED) is 0.712. The van der Waals surface area contributed by atoms with Gasteiger partial charge in [-0.3, -0.25) is 4.79 Å². The van der Waals surface area contributed by atoms with Crippen LogP contribution in [0, 0.1) is 0 Å². The number of ether oxygens (including phenoxy) is 1. The second kappa shape index (κ2) is 6.83. The zero-order valence-corrected chi connectivity index (χ0v) is 9.92. The Kier molecular flexibility index (Phi) is 5.69. The molecule has 15 heavy (non-hydrogen) atoms. The molecule has 0 radical (unpaired) electrons. The van der Waals surface area contributed by atoms with Crippen molar-refractivity contribution in [3.05, 3.63) is 0 Å². The average Bonchev–Trinajstić information content (AvgIpc) is 2.27. The van der Waals surface area contributed by atoms with Crippen molar-refractivity contribution >= 4 is 5.97 Å². The van der Waals surface area contributed by atoms with Crippen LogP contribution >= 0.6 is 0 Å². The summed E-state index contributed by atoms with van der Waals surface area (Å²) < 4.78 is 5.04. The third-order valence-corrected chi connectivity index (χ3v) is 3.02. The lowest BCUT2D eigenvalue weighted by Gasteiger charge is -2.26. The topological polar surface area (TPSA) is 38.3 Å². The Hall–Kier alpha value is -0.570. The molecule has 1 rings (SSSR count). The molecule has 3 nitrogen and oxygen atoms in total. The summed E-state index contributed by atoms with van der Waals surface area (Å²) in [5, 5.41) is 3.42. The maximum absolute atomic E-state index is 11.6. The number of nitrogens with one attached hydrogen (secondary N) is 1. The third kappa shape index (κ3) is 4.20. The largest absolute Gasteiger partial charge is 0.465 e. The minimum absolute atomic E-state index is 0.0921. The van der Waals surface area contributed by atoms with Crippen molar-refractivity contribution in [3.8, 4) is 0 Å². The Morgan fingerprint density at radius 3 is 2.53 bits per heavy atom. The fourth-order valence-corrected chi connectivity index (χ4v) is 2.15. The molecule has 0 aliphatic heterocycles. The molecule has 0 aromatic heterocycles. The van der Waals surface area contributed by atoms with Crippen LogP contribution < -0.4 is 5.32 Å². The fourth-order valence-electron chi connectivity index (χ4n) is 2.15. The van der Waals surface area contributed by atoms with Crippen molar-refractivity contribution in [3.63, 3.8) is 0 Å². The summed E-state index contributed by atoms with van der Waals surface area (Å²) in [5.74, 6) is -0.0921. The molecular weight excluding hydrogens is 190 g/mol. The van der Waals surface area contributed by atoms with Crippen LogP contribution in [0.15, 0.2) is 0 Å². The highest BCUT2D eigenvalue weighted by atomic mass is 16.5. The minimum Gasteiger partial charge on any atom is -0.465 e. The van der Waals surface area contributed by atoms with Crippen LogP contribution in [0.25, 0.3) is 0 Å². The lowest BCUT2D eigenvalue weighted by atomic mass is 9.94. The van der Waals surface area contributed by atoms with Crippen molar-refractivity contribution in [2.45, 2.75) is 64.5 Å².